The van der Waals surface area contributed by atoms with Crippen LogP contribution in [0.5, 0.6) is 0 Å². The average Bonchev–Trinajstić information content (AvgIpc) is 2.81. The van der Waals surface area contributed by atoms with Crippen molar-refractivity contribution < 1.29 is 8.42 Å². The average molecular weight is 274 g/mol. The Morgan fingerprint density at radius 3 is 2.82 bits per heavy atom. The van der Waals surface area contributed by atoms with Crippen molar-refractivity contribution in [1.29, 1.82) is 0 Å². The molecule has 1 heterocycles. The van der Waals surface area contributed by atoms with Crippen LogP contribution in [0.3, 0.4) is 0 Å². The number of nitrogens with one attached hydrogen (secondary N) is 2. The van der Waals surface area contributed by atoms with E-state index in [9.17, 15) is 8.42 Å². The smallest absolute Gasteiger partial charge is 0.241 e. The van der Waals surface area contributed by atoms with Gasteiger partial charge >= 0.3 is 0 Å². The minimum absolute atomic E-state index is 0.131. The summed E-state index contributed by atoms with van der Waals surface area (Å²) >= 11 is 1.48. The fourth-order valence-electron chi connectivity index (χ4n) is 1.68. The van der Waals surface area contributed by atoms with Crippen LogP contribution in [0.15, 0.2) is 16.3 Å². The monoisotopic (exact) mass is 274 g/mol. The molecular formula is C11H18N2O2S2. The van der Waals surface area contributed by atoms with Crippen molar-refractivity contribution in [2.75, 3.05) is 6.54 Å². The summed E-state index contributed by atoms with van der Waals surface area (Å²) in [6.45, 7) is 5.52. The number of thiophene rings is 1. The van der Waals surface area contributed by atoms with E-state index in [-0.39, 0.29) is 6.04 Å². The molecule has 6 heteroatoms. The highest BCUT2D eigenvalue weighted by Gasteiger charge is 2.37. The van der Waals surface area contributed by atoms with Gasteiger partial charge in [0, 0.05) is 17.5 Å². The molecule has 0 amide bonds. The lowest BCUT2D eigenvalue weighted by Gasteiger charge is -2.07. The highest BCUT2D eigenvalue weighted by atomic mass is 32.2. The minimum atomic E-state index is -3.33. The first kappa shape index (κ1) is 13.0. The molecule has 1 aliphatic rings. The van der Waals surface area contributed by atoms with E-state index in [4.69, 9.17) is 0 Å². The molecule has 1 aromatic heterocycles. The van der Waals surface area contributed by atoms with Gasteiger partial charge in [-0.1, -0.05) is 13.8 Å². The van der Waals surface area contributed by atoms with Gasteiger partial charge in [-0.2, -0.15) is 0 Å². The van der Waals surface area contributed by atoms with Crippen molar-refractivity contribution in [2.24, 2.45) is 5.92 Å². The zero-order valence-electron chi connectivity index (χ0n) is 10.1. The predicted molar refractivity (Wildman–Crippen MR) is 69.6 cm³/mol. The summed E-state index contributed by atoms with van der Waals surface area (Å²) in [5, 5.41) is 4.99. The molecule has 0 bridgehead atoms. The van der Waals surface area contributed by atoms with Gasteiger partial charge in [-0.3, -0.25) is 0 Å². The highest BCUT2D eigenvalue weighted by Crippen LogP contribution is 2.31. The molecule has 1 aliphatic carbocycles. The van der Waals surface area contributed by atoms with Crippen LogP contribution in [0.4, 0.5) is 0 Å². The lowest BCUT2D eigenvalue weighted by atomic mass is 10.4. The van der Waals surface area contributed by atoms with Gasteiger partial charge in [-0.25, -0.2) is 13.1 Å². The maximum Gasteiger partial charge on any atom is 0.241 e. The van der Waals surface area contributed by atoms with Gasteiger partial charge in [-0.15, -0.1) is 11.3 Å². The van der Waals surface area contributed by atoms with Crippen molar-refractivity contribution >= 4 is 21.4 Å². The second kappa shape index (κ2) is 5.06. The van der Waals surface area contributed by atoms with Crippen molar-refractivity contribution in [2.45, 2.75) is 37.8 Å². The summed E-state index contributed by atoms with van der Waals surface area (Å²) in [7, 11) is -3.33. The Hall–Kier alpha value is -0.430. The van der Waals surface area contributed by atoms with Crippen molar-refractivity contribution in [3.05, 3.63) is 16.3 Å². The van der Waals surface area contributed by atoms with E-state index in [0.29, 0.717) is 17.4 Å². The summed E-state index contributed by atoms with van der Waals surface area (Å²) < 4.78 is 27.0. The van der Waals surface area contributed by atoms with Gasteiger partial charge in [0.1, 0.15) is 0 Å². The Morgan fingerprint density at radius 1 is 1.53 bits per heavy atom. The fraction of sp³-hybridized carbons (Fsp3) is 0.636. The van der Waals surface area contributed by atoms with Crippen molar-refractivity contribution in [1.82, 2.24) is 10.0 Å². The van der Waals surface area contributed by atoms with Crippen LogP contribution in [0.1, 0.15) is 25.1 Å². The molecule has 0 radical (unpaired) electrons. The first-order valence-electron chi connectivity index (χ1n) is 5.84. The SMILES string of the molecule is CCNCc1sccc1S(=O)(=O)NC1CC1C. The van der Waals surface area contributed by atoms with Crippen molar-refractivity contribution in [3.8, 4) is 0 Å². The summed E-state index contributed by atoms with van der Waals surface area (Å²) in [5.41, 5.74) is 0. The van der Waals surface area contributed by atoms with Crippen LogP contribution >= 0.6 is 11.3 Å². The molecule has 0 aromatic carbocycles. The Morgan fingerprint density at radius 2 is 2.24 bits per heavy atom. The first-order chi connectivity index (χ1) is 8.04. The Balaban J connectivity index is 2.12. The van der Waals surface area contributed by atoms with Gasteiger partial charge in [0.05, 0.1) is 4.90 Å². The second-order valence-corrected chi connectivity index (χ2v) is 7.11. The molecule has 2 N–H and O–H groups in total. The second-order valence-electron chi connectivity index (χ2n) is 4.43. The molecular weight excluding hydrogens is 256 g/mol. The summed E-state index contributed by atoms with van der Waals surface area (Å²) in [5.74, 6) is 0.473. The van der Waals surface area contributed by atoms with E-state index >= 15 is 0 Å². The van der Waals surface area contributed by atoms with E-state index in [1.807, 2.05) is 12.3 Å². The highest BCUT2D eigenvalue weighted by molar-refractivity contribution is 7.89. The standard InChI is InChI=1S/C11H18N2O2S2/c1-3-12-7-10-11(4-5-16-10)17(14,15)13-9-6-8(9)2/h4-5,8-9,12-13H,3,6-7H2,1-2H3. The number of rotatable bonds is 6. The third-order valence-corrected chi connectivity index (χ3v) is 5.57. The fourth-order valence-corrected chi connectivity index (χ4v) is 4.46. The molecule has 1 fully saturated rings. The zero-order valence-corrected chi connectivity index (χ0v) is 11.7. The largest absolute Gasteiger partial charge is 0.312 e. The van der Waals surface area contributed by atoms with Gasteiger partial charge < -0.3 is 5.32 Å². The molecule has 4 nitrogen and oxygen atoms in total. The molecule has 1 saturated carbocycles. The Bertz CT molecular complexity index is 481. The number of hydrogen-bond donors (Lipinski definition) is 2. The normalized spacial score (nSPS) is 23.9. The van der Waals surface area contributed by atoms with Crippen LogP contribution in [0, 0.1) is 5.92 Å². The Kier molecular flexibility index (Phi) is 3.87. The number of sulfonamides is 1. The third-order valence-electron chi connectivity index (χ3n) is 2.95. The number of hydrogen-bond acceptors (Lipinski definition) is 4. The zero-order chi connectivity index (χ0) is 12.5. The third kappa shape index (κ3) is 3.07. The quantitative estimate of drug-likeness (QED) is 0.827. The first-order valence-corrected chi connectivity index (χ1v) is 8.20. The maximum atomic E-state index is 12.1. The van der Waals surface area contributed by atoms with Crippen LogP contribution in [0.2, 0.25) is 0 Å². The van der Waals surface area contributed by atoms with E-state index < -0.39 is 10.0 Å². The molecule has 0 spiro atoms. The van der Waals surface area contributed by atoms with E-state index in [0.717, 1.165) is 17.8 Å². The van der Waals surface area contributed by atoms with Gasteiger partial charge in [0.15, 0.2) is 0 Å². The lowest BCUT2D eigenvalue weighted by molar-refractivity contribution is 0.576. The van der Waals surface area contributed by atoms with Crippen LogP contribution < -0.4 is 10.0 Å². The van der Waals surface area contributed by atoms with E-state index in [2.05, 4.69) is 17.0 Å². The van der Waals surface area contributed by atoms with Crippen LogP contribution in [-0.2, 0) is 16.6 Å². The topological polar surface area (TPSA) is 58.2 Å². The Labute approximate surface area is 106 Å². The maximum absolute atomic E-state index is 12.1. The molecule has 0 saturated heterocycles. The lowest BCUT2D eigenvalue weighted by Crippen LogP contribution is -2.27. The molecule has 2 rings (SSSR count). The minimum Gasteiger partial charge on any atom is -0.312 e. The molecule has 96 valence electrons. The predicted octanol–water partition coefficient (Wildman–Crippen LogP) is 1.54. The molecule has 17 heavy (non-hydrogen) atoms. The molecule has 0 aliphatic heterocycles. The summed E-state index contributed by atoms with van der Waals surface area (Å²) in [4.78, 5) is 1.32. The molecule has 2 unspecified atom stereocenters. The molecule has 1 aromatic rings. The summed E-state index contributed by atoms with van der Waals surface area (Å²) in [6, 6.07) is 1.82. The summed E-state index contributed by atoms with van der Waals surface area (Å²) in [6.07, 6.45) is 0.950. The van der Waals surface area contributed by atoms with Gasteiger partial charge in [0.2, 0.25) is 10.0 Å². The van der Waals surface area contributed by atoms with Crippen LogP contribution in [-0.4, -0.2) is 21.0 Å². The molecule has 2 atom stereocenters. The van der Waals surface area contributed by atoms with Gasteiger partial charge in [0.25, 0.3) is 0 Å². The van der Waals surface area contributed by atoms with E-state index in [1.54, 1.807) is 6.07 Å². The van der Waals surface area contributed by atoms with E-state index in [1.165, 1.54) is 11.3 Å². The van der Waals surface area contributed by atoms with Crippen molar-refractivity contribution in [3.63, 3.8) is 0 Å². The van der Waals surface area contributed by atoms with Crippen LogP contribution in [0.25, 0.3) is 0 Å². The van der Waals surface area contributed by atoms with Gasteiger partial charge in [-0.05, 0) is 30.3 Å².